The maximum atomic E-state index is 14.2. The second-order valence-electron chi connectivity index (χ2n) is 10.1. The summed E-state index contributed by atoms with van der Waals surface area (Å²) in [5.41, 5.74) is 1.91. The second kappa shape index (κ2) is 11.8. The zero-order valence-electron chi connectivity index (χ0n) is 22.0. The molecule has 5 amide bonds. The molecule has 1 saturated heterocycles. The number of carbonyl (C=O) groups excluding carboxylic acids is 3. The van der Waals surface area contributed by atoms with E-state index in [4.69, 9.17) is 11.6 Å². The lowest BCUT2D eigenvalue weighted by molar-refractivity contribution is -0.139. The predicted molar refractivity (Wildman–Crippen MR) is 147 cm³/mol. The third-order valence-corrected chi connectivity index (χ3v) is 8.02. The first-order valence-corrected chi connectivity index (χ1v) is 13.6. The van der Waals surface area contributed by atoms with Crippen molar-refractivity contribution in [2.24, 2.45) is 0 Å². The van der Waals surface area contributed by atoms with Gasteiger partial charge in [0.2, 0.25) is 5.91 Å². The molecule has 2 aromatic carbocycles. The number of hydrogen-bond donors (Lipinski definition) is 3. The number of nitrogens with zero attached hydrogens (tertiary/aromatic N) is 4. The molecule has 1 atom stereocenters. The normalized spacial score (nSPS) is 19.9. The minimum Gasteiger partial charge on any atom is -0.480 e. The molecule has 3 aliphatic heterocycles. The van der Waals surface area contributed by atoms with Crippen LogP contribution in [0.1, 0.15) is 24.0 Å². The molecule has 41 heavy (non-hydrogen) atoms. The number of halogens is 2. The molecular weight excluding hydrogens is 557 g/mol. The molecule has 11 nitrogen and oxygen atoms in total. The first kappa shape index (κ1) is 28.4. The van der Waals surface area contributed by atoms with Crippen LogP contribution in [0.3, 0.4) is 0 Å². The molecule has 3 aliphatic rings. The van der Waals surface area contributed by atoms with Gasteiger partial charge >= 0.3 is 18.0 Å². The predicted octanol–water partition coefficient (Wildman–Crippen LogP) is 3.04. The number of aliphatic carboxylic acids is 1. The monoisotopic (exact) mass is 585 g/mol. The van der Waals surface area contributed by atoms with E-state index in [0.717, 1.165) is 22.2 Å². The first-order chi connectivity index (χ1) is 19.6. The summed E-state index contributed by atoms with van der Waals surface area (Å²) < 4.78 is 14.2. The third-order valence-electron chi connectivity index (χ3n) is 7.63. The number of carboxylic acids is 1. The van der Waals surface area contributed by atoms with Crippen molar-refractivity contribution in [2.45, 2.75) is 31.5 Å². The van der Waals surface area contributed by atoms with Crippen molar-refractivity contribution >= 4 is 46.8 Å². The number of amides is 5. The Morgan fingerprint density at radius 1 is 1.02 bits per heavy atom. The summed E-state index contributed by atoms with van der Waals surface area (Å²) in [5, 5.41) is 22.8. The highest BCUT2D eigenvalue weighted by Crippen LogP contribution is 2.33. The summed E-state index contributed by atoms with van der Waals surface area (Å²) in [6, 6.07) is 10.5. The van der Waals surface area contributed by atoms with Gasteiger partial charge in [0.15, 0.2) is 6.23 Å². The number of carbonyl (C=O) groups is 4. The van der Waals surface area contributed by atoms with Gasteiger partial charge in [-0.15, -0.1) is 0 Å². The molecule has 0 saturated carbocycles. The Morgan fingerprint density at radius 3 is 2.49 bits per heavy atom. The van der Waals surface area contributed by atoms with Crippen LogP contribution in [0.5, 0.6) is 0 Å². The lowest BCUT2D eigenvalue weighted by Crippen LogP contribution is -2.55. The average molecular weight is 586 g/mol. The van der Waals surface area contributed by atoms with Crippen molar-refractivity contribution in [1.29, 1.82) is 0 Å². The summed E-state index contributed by atoms with van der Waals surface area (Å²) >= 11 is 6.11. The number of urea groups is 2. The molecule has 3 heterocycles. The quantitative estimate of drug-likeness (QED) is 0.477. The topological polar surface area (TPSA) is 134 Å². The SMILES string of the molecule is O=C(O)CN1C(=O)N(CC(=O)N2CCC(N3CCc4ccccc4NC3=O)CC2)C=C(c2cccc(F)c2Cl)C1O. The van der Waals surface area contributed by atoms with E-state index < -0.39 is 43.0 Å². The van der Waals surface area contributed by atoms with Gasteiger partial charge in [0.25, 0.3) is 0 Å². The first-order valence-electron chi connectivity index (χ1n) is 13.2. The van der Waals surface area contributed by atoms with Gasteiger partial charge in [0, 0.05) is 48.7 Å². The van der Waals surface area contributed by atoms with E-state index in [1.54, 1.807) is 9.80 Å². The molecule has 5 rings (SSSR count). The van der Waals surface area contributed by atoms with E-state index in [0.29, 0.717) is 43.8 Å². The Kier molecular flexibility index (Phi) is 8.13. The molecule has 0 bridgehead atoms. The van der Waals surface area contributed by atoms with E-state index in [1.807, 2.05) is 24.3 Å². The van der Waals surface area contributed by atoms with Crippen LogP contribution in [0, 0.1) is 5.82 Å². The van der Waals surface area contributed by atoms with Gasteiger partial charge < -0.3 is 25.3 Å². The van der Waals surface area contributed by atoms with Gasteiger partial charge in [-0.2, -0.15) is 0 Å². The van der Waals surface area contributed by atoms with Crippen molar-refractivity contribution in [3.8, 4) is 0 Å². The highest BCUT2D eigenvalue weighted by Gasteiger charge is 2.38. The lowest BCUT2D eigenvalue weighted by Gasteiger charge is -2.40. The van der Waals surface area contributed by atoms with Gasteiger partial charge in [0.05, 0.1) is 5.02 Å². The van der Waals surface area contributed by atoms with Gasteiger partial charge in [-0.25, -0.2) is 14.0 Å². The number of fused-ring (bicyclic) bond motifs is 1. The Morgan fingerprint density at radius 2 is 1.76 bits per heavy atom. The molecular formula is C28H29ClFN5O6. The highest BCUT2D eigenvalue weighted by atomic mass is 35.5. The lowest BCUT2D eigenvalue weighted by atomic mass is 10.0. The molecule has 3 N–H and O–H groups in total. The Bertz CT molecular complexity index is 1410. The Hall–Kier alpha value is -4.16. The number of aliphatic hydroxyl groups is 1. The number of rotatable bonds is 6. The minimum absolute atomic E-state index is 0.0185. The zero-order valence-corrected chi connectivity index (χ0v) is 22.8. The van der Waals surface area contributed by atoms with Gasteiger partial charge in [-0.05, 0) is 37.0 Å². The maximum Gasteiger partial charge on any atom is 0.327 e. The molecule has 0 aliphatic carbocycles. The number of carboxylic acid groups (broad SMARTS) is 1. The second-order valence-corrected chi connectivity index (χ2v) is 10.5. The molecule has 1 unspecified atom stereocenters. The summed E-state index contributed by atoms with van der Waals surface area (Å²) in [6.07, 6.45) is 1.30. The van der Waals surface area contributed by atoms with Crippen molar-refractivity contribution in [3.05, 3.63) is 70.6 Å². The van der Waals surface area contributed by atoms with Crippen LogP contribution in [0.4, 0.5) is 19.7 Å². The number of hydrogen-bond acceptors (Lipinski definition) is 5. The zero-order chi connectivity index (χ0) is 29.3. The summed E-state index contributed by atoms with van der Waals surface area (Å²) in [4.78, 5) is 55.8. The Labute approximate surface area is 240 Å². The van der Waals surface area contributed by atoms with E-state index in [9.17, 15) is 33.8 Å². The maximum absolute atomic E-state index is 14.2. The fourth-order valence-corrected chi connectivity index (χ4v) is 5.72. The van der Waals surface area contributed by atoms with E-state index >= 15 is 0 Å². The van der Waals surface area contributed by atoms with E-state index in [-0.39, 0.29) is 28.2 Å². The standard InChI is InChI=1S/C28H29ClFN5O6/c29-25-19(5-3-6-21(25)30)20-14-33(28(41)35(26(20)39)16-24(37)38)15-23(36)32-11-9-18(10-12-32)34-13-8-17-4-1-2-7-22(17)31-27(34)40/h1-7,14,18,26,39H,8-13,15-16H2,(H,31,40)(H,37,38). The number of nitrogens with one attached hydrogen (secondary N) is 1. The highest BCUT2D eigenvalue weighted by molar-refractivity contribution is 6.32. The number of piperidine rings is 1. The van der Waals surface area contributed by atoms with Crippen LogP contribution in [0.25, 0.3) is 5.57 Å². The van der Waals surface area contributed by atoms with Crippen LogP contribution in [0.2, 0.25) is 5.02 Å². The van der Waals surface area contributed by atoms with Gasteiger partial charge in [-0.1, -0.05) is 41.9 Å². The molecule has 216 valence electrons. The summed E-state index contributed by atoms with van der Waals surface area (Å²) in [7, 11) is 0. The number of benzene rings is 2. The van der Waals surface area contributed by atoms with Crippen molar-refractivity contribution < 1.29 is 33.8 Å². The molecule has 0 aromatic heterocycles. The van der Waals surface area contributed by atoms with Crippen molar-refractivity contribution in [3.63, 3.8) is 0 Å². The summed E-state index contributed by atoms with van der Waals surface area (Å²) in [6.45, 7) is -0.00185. The fraction of sp³-hybridized carbons (Fsp3) is 0.357. The van der Waals surface area contributed by atoms with Crippen molar-refractivity contribution in [2.75, 3.05) is 38.0 Å². The molecule has 0 radical (unpaired) electrons. The Balaban J connectivity index is 1.27. The number of para-hydroxylation sites is 1. The number of likely N-dealkylation sites (tertiary alicyclic amines) is 1. The van der Waals surface area contributed by atoms with Crippen LogP contribution < -0.4 is 5.32 Å². The van der Waals surface area contributed by atoms with Crippen molar-refractivity contribution in [1.82, 2.24) is 19.6 Å². The smallest absolute Gasteiger partial charge is 0.327 e. The molecule has 13 heteroatoms. The van der Waals surface area contributed by atoms with Crippen LogP contribution in [-0.4, -0.2) is 98.7 Å². The summed E-state index contributed by atoms with van der Waals surface area (Å²) in [5.74, 6) is -2.53. The van der Waals surface area contributed by atoms with Gasteiger partial charge in [-0.3, -0.25) is 19.4 Å². The average Bonchev–Trinajstić information content (AvgIpc) is 3.12. The number of aliphatic hydroxyl groups excluding tert-OH is 1. The number of anilines is 1. The third kappa shape index (κ3) is 5.84. The van der Waals surface area contributed by atoms with E-state index in [1.165, 1.54) is 18.3 Å². The largest absolute Gasteiger partial charge is 0.480 e. The molecule has 2 aromatic rings. The van der Waals surface area contributed by atoms with Crippen LogP contribution in [-0.2, 0) is 16.0 Å². The van der Waals surface area contributed by atoms with Crippen LogP contribution in [0.15, 0.2) is 48.7 Å². The minimum atomic E-state index is -1.72. The molecule has 1 fully saturated rings. The van der Waals surface area contributed by atoms with Crippen LogP contribution >= 0.6 is 11.6 Å². The molecule has 0 spiro atoms. The van der Waals surface area contributed by atoms with Gasteiger partial charge in [0.1, 0.15) is 18.9 Å². The van der Waals surface area contributed by atoms with E-state index in [2.05, 4.69) is 5.32 Å². The fourth-order valence-electron chi connectivity index (χ4n) is 5.49.